The maximum Gasteiger partial charge on any atom is 0.240 e. The van der Waals surface area contributed by atoms with E-state index in [9.17, 15) is 8.42 Å². The average molecular weight is 301 g/mol. The van der Waals surface area contributed by atoms with E-state index < -0.39 is 9.84 Å². The first-order chi connectivity index (χ1) is 9.05. The first-order valence-electron chi connectivity index (χ1n) is 5.72. The number of nitrogens with one attached hydrogen (secondary N) is 2. The highest BCUT2D eigenvalue weighted by Gasteiger charge is 2.10. The number of fused-ring (bicyclic) bond motifs is 1. The van der Waals surface area contributed by atoms with Crippen molar-refractivity contribution < 1.29 is 8.42 Å². The van der Waals surface area contributed by atoms with Crippen molar-refractivity contribution in [2.75, 3.05) is 28.8 Å². The van der Waals surface area contributed by atoms with Gasteiger partial charge in [0.05, 0.1) is 11.1 Å². The smallest absolute Gasteiger partial charge is 0.240 e. The topological polar surface area (TPSA) is 110 Å². The average Bonchev–Trinajstić information content (AvgIpc) is 2.86. The molecule has 2 heterocycles. The number of nitrogen functional groups attached to an aromatic ring is 1. The van der Waals surface area contributed by atoms with Gasteiger partial charge in [0.25, 0.3) is 0 Å². The molecule has 0 aliphatic heterocycles. The number of thiophene rings is 1. The first-order valence-corrected chi connectivity index (χ1v) is 8.42. The molecule has 0 saturated carbocycles. The summed E-state index contributed by atoms with van der Waals surface area (Å²) < 4.78 is 22.8. The van der Waals surface area contributed by atoms with Crippen LogP contribution >= 0.6 is 11.3 Å². The molecule has 0 spiro atoms. The summed E-state index contributed by atoms with van der Waals surface area (Å²) in [6.45, 7) is 1.94. The molecule has 0 aromatic carbocycles. The third-order valence-electron chi connectivity index (χ3n) is 2.60. The Morgan fingerprint density at radius 1 is 1.42 bits per heavy atom. The van der Waals surface area contributed by atoms with E-state index in [-0.39, 0.29) is 11.5 Å². The maximum atomic E-state index is 11.4. The molecule has 2 rings (SSSR count). The summed E-state index contributed by atoms with van der Waals surface area (Å²) in [5.41, 5.74) is 2.39. The van der Waals surface area contributed by atoms with E-state index in [1.165, 1.54) is 11.3 Å². The van der Waals surface area contributed by atoms with Gasteiger partial charge in [-0.05, 0) is 11.4 Å². The molecule has 9 heteroatoms. The molecule has 4 N–H and O–H groups in total. The van der Waals surface area contributed by atoms with Gasteiger partial charge in [-0.2, -0.15) is 4.98 Å². The highest BCUT2D eigenvalue weighted by molar-refractivity contribution is 7.91. The molecule has 19 heavy (non-hydrogen) atoms. The van der Waals surface area contributed by atoms with Crippen LogP contribution in [0.2, 0.25) is 0 Å². The number of sulfone groups is 1. The highest BCUT2D eigenvalue weighted by atomic mass is 32.2. The van der Waals surface area contributed by atoms with Gasteiger partial charge in [0.15, 0.2) is 9.84 Å². The number of aromatic nitrogens is 2. The molecule has 0 amide bonds. The van der Waals surface area contributed by atoms with Crippen molar-refractivity contribution in [1.29, 1.82) is 0 Å². The minimum Gasteiger partial charge on any atom is -0.368 e. The van der Waals surface area contributed by atoms with Crippen LogP contribution in [0.25, 0.3) is 10.2 Å². The highest BCUT2D eigenvalue weighted by Crippen LogP contribution is 2.25. The van der Waals surface area contributed by atoms with Crippen LogP contribution in [-0.4, -0.2) is 36.4 Å². The number of hydrogen-bond acceptors (Lipinski definition) is 8. The van der Waals surface area contributed by atoms with Crippen molar-refractivity contribution in [2.24, 2.45) is 5.84 Å². The van der Waals surface area contributed by atoms with Crippen molar-refractivity contribution in [2.45, 2.75) is 6.92 Å². The minimum absolute atomic E-state index is 0.0739. The van der Waals surface area contributed by atoms with Crippen LogP contribution in [0, 0.1) is 0 Å². The molecule has 0 aliphatic carbocycles. The second-order valence-corrected chi connectivity index (χ2v) is 7.21. The fraction of sp³-hybridized carbons (Fsp3) is 0.400. The summed E-state index contributed by atoms with van der Waals surface area (Å²) in [6.07, 6.45) is 0. The number of rotatable bonds is 6. The number of nitrogens with zero attached hydrogens (tertiary/aromatic N) is 2. The summed E-state index contributed by atoms with van der Waals surface area (Å²) in [5, 5.41) is 5.78. The van der Waals surface area contributed by atoms with Crippen LogP contribution in [0.15, 0.2) is 11.4 Å². The molecule has 0 radical (unpaired) electrons. The lowest BCUT2D eigenvalue weighted by Crippen LogP contribution is -2.18. The van der Waals surface area contributed by atoms with E-state index in [2.05, 4.69) is 20.7 Å². The molecule has 0 aliphatic rings. The Bertz CT molecular complexity index is 668. The SMILES string of the molecule is CCS(=O)(=O)CCNc1nc(NN)nc2sccc12. The van der Waals surface area contributed by atoms with Gasteiger partial charge in [-0.3, -0.25) is 5.43 Å². The zero-order valence-corrected chi connectivity index (χ0v) is 12.0. The quantitative estimate of drug-likeness (QED) is 0.535. The Labute approximate surface area is 115 Å². The molecular formula is C10H15N5O2S2. The van der Waals surface area contributed by atoms with Gasteiger partial charge in [0.2, 0.25) is 5.95 Å². The summed E-state index contributed by atoms with van der Waals surface area (Å²) in [4.78, 5) is 9.19. The first kappa shape index (κ1) is 14.0. The van der Waals surface area contributed by atoms with Gasteiger partial charge in [-0.25, -0.2) is 19.2 Å². The lowest BCUT2D eigenvalue weighted by molar-refractivity contribution is 0.597. The Balaban J connectivity index is 2.17. The summed E-state index contributed by atoms with van der Waals surface area (Å²) in [7, 11) is -2.99. The van der Waals surface area contributed by atoms with Gasteiger partial charge in [-0.1, -0.05) is 6.92 Å². The lowest BCUT2D eigenvalue weighted by Gasteiger charge is -2.08. The minimum atomic E-state index is -2.99. The van der Waals surface area contributed by atoms with Crippen molar-refractivity contribution in [1.82, 2.24) is 9.97 Å². The third kappa shape index (κ3) is 3.31. The summed E-state index contributed by atoms with van der Waals surface area (Å²) in [5.74, 6) is 6.41. The molecule has 0 bridgehead atoms. The largest absolute Gasteiger partial charge is 0.368 e. The zero-order valence-electron chi connectivity index (χ0n) is 10.4. The molecule has 0 unspecified atom stereocenters. The number of hydrogen-bond donors (Lipinski definition) is 3. The maximum absolute atomic E-state index is 11.4. The Kier molecular flexibility index (Phi) is 4.17. The molecule has 0 fully saturated rings. The van der Waals surface area contributed by atoms with Crippen LogP contribution in [0.3, 0.4) is 0 Å². The predicted molar refractivity (Wildman–Crippen MR) is 78.0 cm³/mol. The number of hydrazine groups is 1. The van der Waals surface area contributed by atoms with E-state index in [1.54, 1.807) is 6.92 Å². The van der Waals surface area contributed by atoms with E-state index in [1.807, 2.05) is 11.4 Å². The van der Waals surface area contributed by atoms with Crippen LogP contribution in [0.4, 0.5) is 11.8 Å². The van der Waals surface area contributed by atoms with Crippen LogP contribution in [0.1, 0.15) is 6.92 Å². The van der Waals surface area contributed by atoms with Crippen molar-refractivity contribution in [3.63, 3.8) is 0 Å². The van der Waals surface area contributed by atoms with E-state index in [4.69, 9.17) is 5.84 Å². The van der Waals surface area contributed by atoms with E-state index >= 15 is 0 Å². The summed E-state index contributed by atoms with van der Waals surface area (Å²) >= 11 is 1.47. The van der Waals surface area contributed by atoms with Crippen LogP contribution in [0.5, 0.6) is 0 Å². The fourth-order valence-corrected chi connectivity index (χ4v) is 2.99. The van der Waals surface area contributed by atoms with E-state index in [0.717, 1.165) is 10.2 Å². The van der Waals surface area contributed by atoms with Crippen molar-refractivity contribution in [3.05, 3.63) is 11.4 Å². The van der Waals surface area contributed by atoms with Gasteiger partial charge >= 0.3 is 0 Å². The predicted octanol–water partition coefficient (Wildman–Crippen LogP) is 0.823. The van der Waals surface area contributed by atoms with Crippen molar-refractivity contribution in [3.8, 4) is 0 Å². The molecular weight excluding hydrogens is 286 g/mol. The Morgan fingerprint density at radius 2 is 2.21 bits per heavy atom. The fourth-order valence-electron chi connectivity index (χ4n) is 1.52. The van der Waals surface area contributed by atoms with Gasteiger partial charge in [0, 0.05) is 12.3 Å². The molecule has 104 valence electrons. The molecule has 0 saturated heterocycles. The zero-order chi connectivity index (χ0) is 13.9. The molecule has 2 aromatic heterocycles. The Morgan fingerprint density at radius 3 is 2.89 bits per heavy atom. The summed E-state index contributed by atoms with van der Waals surface area (Å²) in [6, 6.07) is 1.89. The number of nitrogens with two attached hydrogens (primary N) is 1. The van der Waals surface area contributed by atoms with Crippen LogP contribution < -0.4 is 16.6 Å². The molecule has 7 nitrogen and oxygen atoms in total. The van der Waals surface area contributed by atoms with Crippen molar-refractivity contribution >= 4 is 43.2 Å². The molecule has 0 atom stereocenters. The monoisotopic (exact) mass is 301 g/mol. The van der Waals surface area contributed by atoms with Gasteiger partial charge in [-0.15, -0.1) is 11.3 Å². The lowest BCUT2D eigenvalue weighted by atomic mass is 10.4. The van der Waals surface area contributed by atoms with Gasteiger partial charge in [0.1, 0.15) is 10.6 Å². The second-order valence-electron chi connectivity index (χ2n) is 3.84. The number of anilines is 2. The second kappa shape index (κ2) is 5.68. The van der Waals surface area contributed by atoms with Gasteiger partial charge < -0.3 is 5.32 Å². The standard InChI is InChI=1S/C10H15N5O2S2/c1-2-19(16,17)6-4-12-8-7-3-5-18-9(7)14-10(13-8)15-11/h3,5H,2,4,6,11H2,1H3,(H2,12,13,14,15). The van der Waals surface area contributed by atoms with Crippen LogP contribution in [-0.2, 0) is 9.84 Å². The Hall–Kier alpha value is -1.45. The molecule has 2 aromatic rings. The normalized spacial score (nSPS) is 11.7. The third-order valence-corrected chi connectivity index (χ3v) is 5.11. The van der Waals surface area contributed by atoms with E-state index in [0.29, 0.717) is 18.3 Å².